The van der Waals surface area contributed by atoms with E-state index in [0.29, 0.717) is 15.2 Å². The molecule has 7 heteroatoms. The first-order valence-electron chi connectivity index (χ1n) is 4.88. The quantitative estimate of drug-likeness (QED) is 0.927. The molecule has 2 aromatic rings. The van der Waals surface area contributed by atoms with Gasteiger partial charge in [-0.3, -0.25) is 4.72 Å². The predicted molar refractivity (Wildman–Crippen MR) is 74.2 cm³/mol. The number of rotatable bonds is 3. The predicted octanol–water partition coefficient (Wildman–Crippen LogP) is 3.30. The van der Waals surface area contributed by atoms with Crippen LogP contribution >= 0.6 is 27.5 Å². The average Bonchev–Trinajstić information content (AvgIpc) is 2.34. The minimum absolute atomic E-state index is 0.0353. The van der Waals surface area contributed by atoms with E-state index in [1.807, 2.05) is 0 Å². The lowest BCUT2D eigenvalue weighted by Gasteiger charge is -2.09. The van der Waals surface area contributed by atoms with Gasteiger partial charge in [-0.15, -0.1) is 0 Å². The molecule has 1 N–H and O–H groups in total. The molecule has 4 nitrogen and oxygen atoms in total. The largest absolute Gasteiger partial charge is 0.279 e. The lowest BCUT2D eigenvalue weighted by Crippen LogP contribution is -2.14. The highest BCUT2D eigenvalue weighted by atomic mass is 79.9. The monoisotopic (exact) mass is 346 g/mol. The number of hydrogen-bond donors (Lipinski definition) is 1. The van der Waals surface area contributed by atoms with Gasteiger partial charge < -0.3 is 0 Å². The van der Waals surface area contributed by atoms with Gasteiger partial charge in [0.2, 0.25) is 0 Å². The highest BCUT2D eigenvalue weighted by molar-refractivity contribution is 9.10. The minimum Gasteiger partial charge on any atom is -0.277 e. The Morgan fingerprint density at radius 1 is 1.22 bits per heavy atom. The summed E-state index contributed by atoms with van der Waals surface area (Å²) in [7, 11) is -3.68. The molecule has 1 heterocycles. The standard InChI is InChI=1S/C11H8BrClN2O2S/c12-9-7-8(13)4-5-10(9)15-18(16,17)11-3-1-2-6-14-11/h1-7,15H. The maximum atomic E-state index is 12.0. The van der Waals surface area contributed by atoms with Crippen LogP contribution in [-0.4, -0.2) is 13.4 Å². The molecule has 0 aliphatic heterocycles. The van der Waals surface area contributed by atoms with Crippen LogP contribution in [0.1, 0.15) is 0 Å². The van der Waals surface area contributed by atoms with Gasteiger partial charge in [-0.1, -0.05) is 17.7 Å². The number of halogens is 2. The summed E-state index contributed by atoms with van der Waals surface area (Å²) in [6.45, 7) is 0. The molecule has 0 aliphatic carbocycles. The van der Waals surface area contributed by atoms with Gasteiger partial charge in [0.1, 0.15) is 0 Å². The van der Waals surface area contributed by atoms with E-state index >= 15 is 0 Å². The van der Waals surface area contributed by atoms with Gasteiger partial charge in [-0.25, -0.2) is 4.98 Å². The van der Waals surface area contributed by atoms with Crippen LogP contribution in [0.3, 0.4) is 0 Å². The summed E-state index contributed by atoms with van der Waals surface area (Å²) >= 11 is 9.03. The van der Waals surface area contributed by atoms with Crippen molar-refractivity contribution in [1.29, 1.82) is 0 Å². The maximum Gasteiger partial charge on any atom is 0.279 e. The Kier molecular flexibility index (Phi) is 3.89. The maximum absolute atomic E-state index is 12.0. The average molecular weight is 348 g/mol. The van der Waals surface area contributed by atoms with Gasteiger partial charge in [0, 0.05) is 15.7 Å². The molecular formula is C11H8BrClN2O2S. The molecule has 2 rings (SSSR count). The first-order chi connectivity index (χ1) is 8.49. The van der Waals surface area contributed by atoms with Crippen molar-refractivity contribution in [2.75, 3.05) is 4.72 Å². The van der Waals surface area contributed by atoms with Crippen molar-refractivity contribution in [3.8, 4) is 0 Å². The minimum atomic E-state index is -3.68. The Bertz CT molecular complexity index is 662. The molecule has 0 aliphatic rings. The van der Waals surface area contributed by atoms with Gasteiger partial charge in [0.15, 0.2) is 5.03 Å². The number of nitrogens with zero attached hydrogens (tertiary/aromatic N) is 1. The number of nitrogens with one attached hydrogen (secondary N) is 1. The van der Waals surface area contributed by atoms with Crippen molar-refractivity contribution >= 4 is 43.2 Å². The van der Waals surface area contributed by atoms with Crippen LogP contribution in [0.25, 0.3) is 0 Å². The fourth-order valence-electron chi connectivity index (χ4n) is 1.28. The van der Waals surface area contributed by atoms with E-state index in [1.54, 1.807) is 30.3 Å². The van der Waals surface area contributed by atoms with Gasteiger partial charge in [0.05, 0.1) is 5.69 Å². The third kappa shape index (κ3) is 3.01. The summed E-state index contributed by atoms with van der Waals surface area (Å²) in [4.78, 5) is 3.80. The van der Waals surface area contributed by atoms with Crippen LogP contribution in [0.5, 0.6) is 0 Å². The van der Waals surface area contributed by atoms with Crippen molar-refractivity contribution in [2.45, 2.75) is 5.03 Å². The molecule has 0 atom stereocenters. The van der Waals surface area contributed by atoms with E-state index in [4.69, 9.17) is 11.6 Å². The zero-order valence-corrected chi connectivity index (χ0v) is 12.1. The second kappa shape index (κ2) is 5.26. The SMILES string of the molecule is O=S(=O)(Nc1ccc(Cl)cc1Br)c1ccccn1. The topological polar surface area (TPSA) is 59.1 Å². The first kappa shape index (κ1) is 13.3. The summed E-state index contributed by atoms with van der Waals surface area (Å²) in [5.74, 6) is 0. The van der Waals surface area contributed by atoms with Crippen molar-refractivity contribution in [1.82, 2.24) is 4.98 Å². The summed E-state index contributed by atoms with van der Waals surface area (Å²) in [6.07, 6.45) is 1.42. The molecule has 0 saturated heterocycles. The third-order valence-corrected chi connectivity index (χ3v) is 4.26. The normalized spacial score (nSPS) is 11.2. The van der Waals surface area contributed by atoms with Crippen molar-refractivity contribution in [2.24, 2.45) is 0 Å². The van der Waals surface area contributed by atoms with Crippen LogP contribution in [-0.2, 0) is 10.0 Å². The number of pyridine rings is 1. The first-order valence-corrected chi connectivity index (χ1v) is 7.53. The number of anilines is 1. The molecule has 0 spiro atoms. The molecule has 0 fully saturated rings. The molecule has 0 bridgehead atoms. The molecule has 0 unspecified atom stereocenters. The molecule has 1 aromatic heterocycles. The van der Waals surface area contributed by atoms with E-state index in [9.17, 15) is 8.42 Å². The molecule has 18 heavy (non-hydrogen) atoms. The highest BCUT2D eigenvalue weighted by Gasteiger charge is 2.16. The van der Waals surface area contributed by atoms with Crippen LogP contribution < -0.4 is 4.72 Å². The second-order valence-corrected chi connectivity index (χ2v) is 6.32. The summed E-state index contributed by atoms with van der Waals surface area (Å²) in [5.41, 5.74) is 0.407. The van der Waals surface area contributed by atoms with E-state index in [2.05, 4.69) is 25.6 Å². The van der Waals surface area contributed by atoms with Crippen molar-refractivity contribution in [3.63, 3.8) is 0 Å². The van der Waals surface area contributed by atoms with Crippen molar-refractivity contribution < 1.29 is 8.42 Å². The number of aromatic nitrogens is 1. The molecule has 0 saturated carbocycles. The molecule has 0 radical (unpaired) electrons. The Morgan fingerprint density at radius 2 is 2.00 bits per heavy atom. The summed E-state index contributed by atoms with van der Waals surface area (Å²) in [5, 5.41) is 0.481. The molecule has 1 aromatic carbocycles. The van der Waals surface area contributed by atoms with E-state index in [1.165, 1.54) is 12.3 Å². The van der Waals surface area contributed by atoms with Crippen LogP contribution in [0.2, 0.25) is 5.02 Å². The highest BCUT2D eigenvalue weighted by Crippen LogP contribution is 2.27. The molecular weight excluding hydrogens is 340 g/mol. The fraction of sp³-hybridized carbons (Fsp3) is 0. The van der Waals surface area contributed by atoms with Crippen LogP contribution in [0.4, 0.5) is 5.69 Å². The summed E-state index contributed by atoms with van der Waals surface area (Å²) in [6, 6.07) is 9.47. The van der Waals surface area contributed by atoms with E-state index in [-0.39, 0.29) is 5.03 Å². The Morgan fingerprint density at radius 3 is 2.61 bits per heavy atom. The van der Waals surface area contributed by atoms with Crippen LogP contribution in [0.15, 0.2) is 52.1 Å². The number of sulfonamides is 1. The Balaban J connectivity index is 2.34. The van der Waals surface area contributed by atoms with Gasteiger partial charge in [0.25, 0.3) is 10.0 Å². The zero-order chi connectivity index (χ0) is 13.2. The number of hydrogen-bond acceptors (Lipinski definition) is 3. The van der Waals surface area contributed by atoms with Gasteiger partial charge in [-0.05, 0) is 46.3 Å². The lowest BCUT2D eigenvalue weighted by molar-refractivity contribution is 0.597. The zero-order valence-electron chi connectivity index (χ0n) is 8.97. The molecule has 94 valence electrons. The van der Waals surface area contributed by atoms with Crippen molar-refractivity contribution in [3.05, 3.63) is 52.1 Å². The Hall–Kier alpha value is -1.11. The van der Waals surface area contributed by atoms with Gasteiger partial charge in [-0.2, -0.15) is 8.42 Å². The van der Waals surface area contributed by atoms with Gasteiger partial charge >= 0.3 is 0 Å². The summed E-state index contributed by atoms with van der Waals surface area (Å²) < 4.78 is 27.0. The number of benzene rings is 1. The third-order valence-electron chi connectivity index (χ3n) is 2.09. The molecule has 0 amide bonds. The second-order valence-electron chi connectivity index (χ2n) is 3.40. The van der Waals surface area contributed by atoms with E-state index in [0.717, 1.165) is 0 Å². The Labute approximate surface area is 118 Å². The lowest BCUT2D eigenvalue weighted by atomic mass is 10.3. The van der Waals surface area contributed by atoms with E-state index < -0.39 is 10.0 Å². The smallest absolute Gasteiger partial charge is 0.277 e. The van der Waals surface area contributed by atoms with Crippen LogP contribution in [0, 0.1) is 0 Å². The fourth-order valence-corrected chi connectivity index (χ4v) is 3.22.